The second-order valence-corrected chi connectivity index (χ2v) is 4.25. The molecule has 0 aliphatic carbocycles. The van der Waals surface area contributed by atoms with Gasteiger partial charge >= 0.3 is 5.88 Å². The summed E-state index contributed by atoms with van der Waals surface area (Å²) in [4.78, 5) is 21.2. The van der Waals surface area contributed by atoms with Crippen LogP contribution in [0.1, 0.15) is 30.8 Å². The second-order valence-electron chi connectivity index (χ2n) is 4.25. The molecule has 100 valence electrons. The van der Waals surface area contributed by atoms with Crippen LogP contribution in [0.5, 0.6) is 0 Å². The van der Waals surface area contributed by atoms with Gasteiger partial charge in [-0.3, -0.25) is 14.9 Å². The molecule has 1 aromatic heterocycles. The SMILES string of the molecule is CC(C)C(O)CCNC(=O)c1ccc([N+](=O)[O-])o1. The van der Waals surface area contributed by atoms with Crippen LogP contribution >= 0.6 is 0 Å². The van der Waals surface area contributed by atoms with E-state index in [4.69, 9.17) is 4.42 Å². The number of carbonyl (C=O) groups excluding carboxylic acids is 1. The lowest BCUT2D eigenvalue weighted by atomic mass is 10.0. The van der Waals surface area contributed by atoms with E-state index in [-0.39, 0.29) is 18.2 Å². The summed E-state index contributed by atoms with van der Waals surface area (Å²) >= 11 is 0. The van der Waals surface area contributed by atoms with Gasteiger partial charge in [-0.1, -0.05) is 13.8 Å². The number of hydrogen-bond acceptors (Lipinski definition) is 5. The maximum absolute atomic E-state index is 11.5. The number of rotatable bonds is 6. The smallest absolute Gasteiger partial charge is 0.395 e. The number of carbonyl (C=O) groups is 1. The summed E-state index contributed by atoms with van der Waals surface area (Å²) < 4.78 is 4.74. The van der Waals surface area contributed by atoms with Gasteiger partial charge in [0.15, 0.2) is 5.76 Å². The number of hydrogen-bond donors (Lipinski definition) is 2. The largest absolute Gasteiger partial charge is 0.433 e. The van der Waals surface area contributed by atoms with Gasteiger partial charge in [-0.15, -0.1) is 0 Å². The van der Waals surface area contributed by atoms with Crippen molar-refractivity contribution in [3.8, 4) is 0 Å². The van der Waals surface area contributed by atoms with Crippen molar-refractivity contribution < 1.29 is 19.2 Å². The van der Waals surface area contributed by atoms with Gasteiger partial charge in [0.1, 0.15) is 4.92 Å². The van der Waals surface area contributed by atoms with Crippen molar-refractivity contribution >= 4 is 11.8 Å². The molecule has 1 aromatic rings. The minimum absolute atomic E-state index is 0.110. The van der Waals surface area contributed by atoms with Crippen molar-refractivity contribution in [3.63, 3.8) is 0 Å². The van der Waals surface area contributed by atoms with Crippen LogP contribution in [0.15, 0.2) is 16.5 Å². The maximum Gasteiger partial charge on any atom is 0.433 e. The highest BCUT2D eigenvalue weighted by molar-refractivity contribution is 5.91. The average Bonchev–Trinajstić information content (AvgIpc) is 2.77. The lowest BCUT2D eigenvalue weighted by molar-refractivity contribution is -0.402. The normalized spacial score (nSPS) is 12.4. The van der Waals surface area contributed by atoms with E-state index in [0.717, 1.165) is 6.07 Å². The van der Waals surface area contributed by atoms with Gasteiger partial charge in [0.05, 0.1) is 12.2 Å². The lowest BCUT2D eigenvalue weighted by Crippen LogP contribution is -2.28. The minimum atomic E-state index is -0.709. The number of aliphatic hydroxyl groups is 1. The van der Waals surface area contributed by atoms with Crippen LogP contribution in [-0.4, -0.2) is 28.6 Å². The van der Waals surface area contributed by atoms with Crippen LogP contribution in [0.25, 0.3) is 0 Å². The minimum Gasteiger partial charge on any atom is -0.395 e. The zero-order valence-corrected chi connectivity index (χ0v) is 10.3. The summed E-state index contributed by atoms with van der Waals surface area (Å²) in [6.07, 6.45) is -0.0668. The van der Waals surface area contributed by atoms with Crippen molar-refractivity contribution in [2.45, 2.75) is 26.4 Å². The summed E-state index contributed by atoms with van der Waals surface area (Å²) in [7, 11) is 0. The molecular formula is C11H16N2O5. The van der Waals surface area contributed by atoms with Crippen molar-refractivity contribution in [1.82, 2.24) is 5.32 Å². The first kappa shape index (κ1) is 14.2. The Labute approximate surface area is 104 Å². The van der Waals surface area contributed by atoms with E-state index in [2.05, 4.69) is 5.32 Å². The number of amides is 1. The van der Waals surface area contributed by atoms with Crippen LogP contribution in [0.4, 0.5) is 5.88 Å². The van der Waals surface area contributed by atoms with Gasteiger partial charge in [0.2, 0.25) is 0 Å². The molecule has 1 heterocycles. The Hall–Kier alpha value is -1.89. The van der Waals surface area contributed by atoms with E-state index < -0.39 is 22.8 Å². The van der Waals surface area contributed by atoms with Crippen LogP contribution in [0.2, 0.25) is 0 Å². The Morgan fingerprint density at radius 2 is 2.22 bits per heavy atom. The van der Waals surface area contributed by atoms with Crippen molar-refractivity contribution in [1.29, 1.82) is 0 Å². The third-order valence-electron chi connectivity index (χ3n) is 2.49. The fraction of sp³-hybridized carbons (Fsp3) is 0.545. The predicted molar refractivity (Wildman–Crippen MR) is 63.2 cm³/mol. The van der Waals surface area contributed by atoms with Crippen LogP contribution in [0.3, 0.4) is 0 Å². The Morgan fingerprint density at radius 3 is 2.72 bits per heavy atom. The zero-order chi connectivity index (χ0) is 13.7. The first-order chi connectivity index (χ1) is 8.41. The molecule has 0 fully saturated rings. The molecule has 0 spiro atoms. The van der Waals surface area contributed by atoms with Gasteiger partial charge in [0, 0.05) is 6.54 Å². The molecule has 18 heavy (non-hydrogen) atoms. The monoisotopic (exact) mass is 256 g/mol. The first-order valence-electron chi connectivity index (χ1n) is 5.62. The molecule has 1 rings (SSSR count). The van der Waals surface area contributed by atoms with E-state index in [1.165, 1.54) is 6.07 Å². The van der Waals surface area contributed by atoms with E-state index in [0.29, 0.717) is 6.42 Å². The summed E-state index contributed by atoms with van der Waals surface area (Å²) in [5, 5.41) is 22.4. The third-order valence-corrected chi connectivity index (χ3v) is 2.49. The summed E-state index contributed by atoms with van der Waals surface area (Å²) in [5.41, 5.74) is 0. The molecule has 0 aliphatic rings. The molecule has 1 amide bonds. The third kappa shape index (κ3) is 3.85. The van der Waals surface area contributed by atoms with E-state index in [1.54, 1.807) is 0 Å². The van der Waals surface area contributed by atoms with Crippen molar-refractivity contribution in [2.75, 3.05) is 6.54 Å². The van der Waals surface area contributed by atoms with E-state index >= 15 is 0 Å². The molecule has 0 saturated carbocycles. The Bertz CT molecular complexity index is 427. The molecule has 2 N–H and O–H groups in total. The average molecular weight is 256 g/mol. The van der Waals surface area contributed by atoms with Gasteiger partial charge in [-0.25, -0.2) is 0 Å². The molecule has 1 atom stereocenters. The van der Waals surface area contributed by atoms with Gasteiger partial charge in [-0.05, 0) is 18.4 Å². The topological polar surface area (TPSA) is 106 Å². The fourth-order valence-electron chi connectivity index (χ4n) is 1.30. The number of nitrogens with one attached hydrogen (secondary N) is 1. The zero-order valence-electron chi connectivity index (χ0n) is 10.3. The molecule has 0 aliphatic heterocycles. The predicted octanol–water partition coefficient (Wildman–Crippen LogP) is 1.32. The number of aliphatic hydroxyl groups excluding tert-OH is 1. The van der Waals surface area contributed by atoms with Crippen LogP contribution in [-0.2, 0) is 0 Å². The van der Waals surface area contributed by atoms with Crippen LogP contribution in [0, 0.1) is 16.0 Å². The Morgan fingerprint density at radius 1 is 1.56 bits per heavy atom. The van der Waals surface area contributed by atoms with Gasteiger partial charge < -0.3 is 14.8 Å². The van der Waals surface area contributed by atoms with Crippen LogP contribution < -0.4 is 5.32 Å². The summed E-state index contributed by atoms with van der Waals surface area (Å²) in [5.74, 6) is -0.992. The fourth-order valence-corrected chi connectivity index (χ4v) is 1.30. The number of nitro groups is 1. The second kappa shape index (κ2) is 6.15. The van der Waals surface area contributed by atoms with E-state index in [9.17, 15) is 20.0 Å². The standard InChI is InChI=1S/C11H16N2O5/c1-7(2)8(14)5-6-12-11(15)9-3-4-10(18-9)13(16)17/h3-4,7-8,14H,5-6H2,1-2H3,(H,12,15). The molecular weight excluding hydrogens is 240 g/mol. The highest BCUT2D eigenvalue weighted by atomic mass is 16.6. The molecule has 1 unspecified atom stereocenters. The summed E-state index contributed by atoms with van der Waals surface area (Å²) in [6, 6.07) is 2.37. The molecule has 7 heteroatoms. The molecule has 7 nitrogen and oxygen atoms in total. The molecule has 0 aromatic carbocycles. The van der Waals surface area contributed by atoms with Gasteiger partial charge in [0.25, 0.3) is 5.91 Å². The van der Waals surface area contributed by atoms with Gasteiger partial charge in [-0.2, -0.15) is 0 Å². The highest BCUT2D eigenvalue weighted by Gasteiger charge is 2.17. The summed E-state index contributed by atoms with van der Waals surface area (Å²) in [6.45, 7) is 4.04. The molecule has 0 bridgehead atoms. The van der Waals surface area contributed by atoms with E-state index in [1.807, 2.05) is 13.8 Å². The maximum atomic E-state index is 11.5. The molecule has 0 radical (unpaired) electrons. The first-order valence-corrected chi connectivity index (χ1v) is 5.62. The quantitative estimate of drug-likeness (QED) is 0.590. The number of furan rings is 1. The lowest BCUT2D eigenvalue weighted by Gasteiger charge is -2.13. The molecule has 0 saturated heterocycles. The number of nitrogens with zero attached hydrogens (tertiary/aromatic N) is 1. The van der Waals surface area contributed by atoms with Crippen molar-refractivity contribution in [3.05, 3.63) is 28.0 Å². The van der Waals surface area contributed by atoms with Crippen molar-refractivity contribution in [2.24, 2.45) is 5.92 Å². The Balaban J connectivity index is 2.43. The Kier molecular flexibility index (Phi) is 4.85. The highest BCUT2D eigenvalue weighted by Crippen LogP contribution is 2.15.